The Morgan fingerprint density at radius 3 is 2.09 bits per heavy atom. The minimum absolute atomic E-state index is 0.0177. The highest BCUT2D eigenvalue weighted by atomic mass is 16.3. The van der Waals surface area contributed by atoms with E-state index in [4.69, 9.17) is 0 Å². The number of ketones is 1. The number of aliphatic hydroxyl groups excluding tert-OH is 2. The van der Waals surface area contributed by atoms with Gasteiger partial charge in [0.1, 0.15) is 5.78 Å². The van der Waals surface area contributed by atoms with Crippen LogP contribution in [0.2, 0.25) is 0 Å². The monoisotopic (exact) mass is 458 g/mol. The quantitative estimate of drug-likeness (QED) is 0.478. The molecule has 0 heterocycles. The van der Waals surface area contributed by atoms with Crippen molar-refractivity contribution in [1.29, 1.82) is 0 Å². The summed E-state index contributed by atoms with van der Waals surface area (Å²) in [4.78, 5) is 12.7. The van der Waals surface area contributed by atoms with Gasteiger partial charge in [0.2, 0.25) is 0 Å². The highest BCUT2D eigenvalue weighted by molar-refractivity contribution is 5.82. The predicted octanol–water partition coefficient (Wildman–Crippen LogP) is 6.40. The maximum absolute atomic E-state index is 12.7. The number of carbonyl (C=O) groups excluding carboxylic acids is 1. The van der Waals surface area contributed by atoms with Crippen molar-refractivity contribution in [2.45, 2.75) is 119 Å². The molecule has 188 valence electrons. The summed E-state index contributed by atoms with van der Waals surface area (Å²) in [6, 6.07) is 0. The Balaban J connectivity index is 1.57. The van der Waals surface area contributed by atoms with Crippen molar-refractivity contribution in [2.75, 3.05) is 6.61 Å². The molecule has 5 fully saturated rings. The Hall–Kier alpha value is -0.410. The summed E-state index contributed by atoms with van der Waals surface area (Å²) in [6.45, 7) is 17.2. The summed E-state index contributed by atoms with van der Waals surface area (Å²) in [5, 5.41) is 22.0. The molecule has 5 aliphatic carbocycles. The van der Waals surface area contributed by atoms with Crippen LogP contribution >= 0.6 is 0 Å². The van der Waals surface area contributed by atoms with Gasteiger partial charge in [0.05, 0.1) is 6.10 Å². The minimum atomic E-state index is -0.258. The van der Waals surface area contributed by atoms with E-state index in [0.29, 0.717) is 23.5 Å². The van der Waals surface area contributed by atoms with Crippen LogP contribution in [-0.2, 0) is 4.79 Å². The summed E-state index contributed by atoms with van der Waals surface area (Å²) in [6.07, 6.45) is 10.4. The predicted molar refractivity (Wildman–Crippen MR) is 133 cm³/mol. The first-order chi connectivity index (χ1) is 15.2. The molecule has 0 saturated heterocycles. The molecule has 0 amide bonds. The second-order valence-corrected chi connectivity index (χ2v) is 15.2. The van der Waals surface area contributed by atoms with E-state index in [1.807, 2.05) is 0 Å². The van der Waals surface area contributed by atoms with E-state index in [-0.39, 0.29) is 51.1 Å². The van der Waals surface area contributed by atoms with Crippen LogP contribution in [-0.4, -0.2) is 28.7 Å². The van der Waals surface area contributed by atoms with Crippen LogP contribution in [0.5, 0.6) is 0 Å². The van der Waals surface area contributed by atoms with Gasteiger partial charge in [-0.05, 0) is 108 Å². The van der Waals surface area contributed by atoms with E-state index in [1.54, 1.807) is 0 Å². The van der Waals surface area contributed by atoms with Crippen molar-refractivity contribution >= 4 is 5.78 Å². The van der Waals surface area contributed by atoms with Crippen molar-refractivity contribution in [2.24, 2.45) is 56.2 Å². The first-order valence-corrected chi connectivity index (χ1v) is 14.0. The van der Waals surface area contributed by atoms with Crippen LogP contribution < -0.4 is 0 Å². The fourth-order valence-electron chi connectivity index (χ4n) is 11.3. The lowest BCUT2D eigenvalue weighted by molar-refractivity contribution is -0.282. The Kier molecular flexibility index (Phi) is 5.22. The number of aliphatic hydroxyl groups is 2. The Morgan fingerprint density at radius 1 is 0.758 bits per heavy atom. The zero-order chi connectivity index (χ0) is 24.2. The van der Waals surface area contributed by atoms with E-state index in [9.17, 15) is 15.0 Å². The molecule has 0 aliphatic heterocycles. The van der Waals surface area contributed by atoms with Gasteiger partial charge in [-0.1, -0.05) is 48.5 Å². The molecule has 0 radical (unpaired) electrons. The Bertz CT molecular complexity index is 838. The van der Waals surface area contributed by atoms with Gasteiger partial charge in [-0.2, -0.15) is 0 Å². The SMILES string of the molecule is C[C@H]1C(=O)CCC2[C@]3(C)CC[C@@]4(C)[C@@H]5C[C@@](C)(CO)CC[C@]5(C)[C@H](O)C[C@]4(C)C3CC[C@@]21C. The zero-order valence-electron chi connectivity index (χ0n) is 22.5. The molecule has 3 heteroatoms. The summed E-state index contributed by atoms with van der Waals surface area (Å²) >= 11 is 0. The van der Waals surface area contributed by atoms with E-state index >= 15 is 0 Å². The molecule has 5 rings (SSSR count). The third-order valence-electron chi connectivity index (χ3n) is 14.1. The Labute approximate surface area is 202 Å². The van der Waals surface area contributed by atoms with Gasteiger partial charge in [0.15, 0.2) is 0 Å². The summed E-state index contributed by atoms with van der Waals surface area (Å²) in [7, 11) is 0. The van der Waals surface area contributed by atoms with E-state index < -0.39 is 0 Å². The second-order valence-electron chi connectivity index (χ2n) is 15.2. The summed E-state index contributed by atoms with van der Waals surface area (Å²) < 4.78 is 0. The first kappa shape index (κ1) is 24.3. The number of hydrogen-bond donors (Lipinski definition) is 2. The van der Waals surface area contributed by atoms with Crippen molar-refractivity contribution in [3.63, 3.8) is 0 Å². The average molecular weight is 459 g/mol. The van der Waals surface area contributed by atoms with Crippen molar-refractivity contribution in [3.8, 4) is 0 Å². The van der Waals surface area contributed by atoms with Gasteiger partial charge in [-0.15, -0.1) is 0 Å². The molecule has 0 aromatic heterocycles. The molecule has 0 aromatic carbocycles. The second kappa shape index (κ2) is 7.09. The maximum Gasteiger partial charge on any atom is 0.136 e. The fourth-order valence-corrected chi connectivity index (χ4v) is 11.3. The highest BCUT2D eigenvalue weighted by Crippen LogP contribution is 2.78. The maximum atomic E-state index is 12.7. The lowest BCUT2D eigenvalue weighted by Crippen LogP contribution is -2.70. The molecule has 2 unspecified atom stereocenters. The van der Waals surface area contributed by atoms with Crippen LogP contribution in [0.1, 0.15) is 113 Å². The molecule has 0 spiro atoms. The molecule has 33 heavy (non-hydrogen) atoms. The zero-order valence-corrected chi connectivity index (χ0v) is 22.5. The molecule has 0 bridgehead atoms. The lowest BCUT2D eigenvalue weighted by Gasteiger charge is -2.75. The lowest BCUT2D eigenvalue weighted by atomic mass is 9.29. The van der Waals surface area contributed by atoms with Gasteiger partial charge in [0, 0.05) is 18.9 Å². The van der Waals surface area contributed by atoms with Gasteiger partial charge < -0.3 is 10.2 Å². The number of hydrogen-bond acceptors (Lipinski definition) is 3. The number of fused-ring (bicyclic) bond motifs is 7. The first-order valence-electron chi connectivity index (χ1n) is 14.0. The van der Waals surface area contributed by atoms with Crippen LogP contribution in [0.25, 0.3) is 0 Å². The summed E-state index contributed by atoms with van der Waals surface area (Å²) in [5.74, 6) is 2.33. The molecule has 5 saturated carbocycles. The van der Waals surface area contributed by atoms with Crippen LogP contribution in [0.15, 0.2) is 0 Å². The molecular weight excluding hydrogens is 408 g/mol. The van der Waals surface area contributed by atoms with E-state index in [1.165, 1.54) is 19.3 Å². The van der Waals surface area contributed by atoms with Gasteiger partial charge >= 0.3 is 0 Å². The van der Waals surface area contributed by atoms with Crippen molar-refractivity contribution in [1.82, 2.24) is 0 Å². The third-order valence-corrected chi connectivity index (χ3v) is 14.1. The molecular formula is C30H50O3. The smallest absolute Gasteiger partial charge is 0.136 e. The van der Waals surface area contributed by atoms with Gasteiger partial charge in [0.25, 0.3) is 0 Å². The van der Waals surface area contributed by atoms with Gasteiger partial charge in [-0.3, -0.25) is 4.79 Å². The number of rotatable bonds is 1. The van der Waals surface area contributed by atoms with E-state index in [0.717, 1.165) is 44.9 Å². The topological polar surface area (TPSA) is 57.5 Å². The Morgan fingerprint density at radius 2 is 1.42 bits per heavy atom. The van der Waals surface area contributed by atoms with Crippen LogP contribution in [0, 0.1) is 56.2 Å². The largest absolute Gasteiger partial charge is 0.396 e. The summed E-state index contributed by atoms with van der Waals surface area (Å²) in [5.41, 5.74) is 0.614. The van der Waals surface area contributed by atoms with Crippen molar-refractivity contribution < 1.29 is 15.0 Å². The van der Waals surface area contributed by atoms with Crippen molar-refractivity contribution in [3.05, 3.63) is 0 Å². The average Bonchev–Trinajstić information content (AvgIpc) is 2.76. The van der Waals surface area contributed by atoms with Crippen LogP contribution in [0.3, 0.4) is 0 Å². The normalized spacial score (nSPS) is 60.9. The van der Waals surface area contributed by atoms with E-state index in [2.05, 4.69) is 48.5 Å². The number of Topliss-reactive ketones (excluding diaryl/α,β-unsaturated/α-hetero) is 1. The minimum Gasteiger partial charge on any atom is -0.396 e. The van der Waals surface area contributed by atoms with Gasteiger partial charge in [-0.25, -0.2) is 0 Å². The molecule has 0 aromatic rings. The number of carbonyl (C=O) groups is 1. The van der Waals surface area contributed by atoms with Crippen LogP contribution in [0.4, 0.5) is 0 Å². The standard InChI is InChI=1S/C30H50O3/c1-19-20(32)8-9-21-26(19,3)11-10-22-27(21,4)14-15-29(6)23-16-25(2,18-31)12-13-28(23,5)24(33)17-30(22,29)7/h19,21-24,31,33H,8-18H2,1-7H3/t19-,21?,22?,23+,24+,25-,26+,27-,28-,29-,30+/m0/s1. The third kappa shape index (κ3) is 2.85. The molecule has 2 N–H and O–H groups in total. The molecule has 5 aliphatic rings. The molecule has 11 atom stereocenters. The highest BCUT2D eigenvalue weighted by Gasteiger charge is 2.72. The molecule has 3 nitrogen and oxygen atoms in total. The fraction of sp³-hybridized carbons (Fsp3) is 0.967.